The molecule has 0 aliphatic heterocycles. The molecule has 0 saturated carbocycles. The summed E-state index contributed by atoms with van der Waals surface area (Å²) < 4.78 is 24.6. The Hall–Kier alpha value is -3.41. The molecule has 0 bridgehead atoms. The van der Waals surface area contributed by atoms with Gasteiger partial charge < -0.3 is 23.5 Å². The molecule has 2 aromatic carbocycles. The van der Waals surface area contributed by atoms with Gasteiger partial charge in [0, 0.05) is 12.3 Å². The van der Waals surface area contributed by atoms with E-state index in [2.05, 4.69) is 0 Å². The molecule has 0 saturated heterocycles. The maximum atomic E-state index is 12.3. The van der Waals surface area contributed by atoms with Crippen LogP contribution in [0.5, 0.6) is 23.0 Å². The van der Waals surface area contributed by atoms with Gasteiger partial charge in [0.15, 0.2) is 5.75 Å². The van der Waals surface area contributed by atoms with E-state index in [1.54, 1.807) is 13.3 Å². The van der Waals surface area contributed by atoms with E-state index >= 15 is 0 Å². The van der Waals surface area contributed by atoms with Gasteiger partial charge in [0.25, 0.3) is 0 Å². The Morgan fingerprint density at radius 2 is 1.47 bits per heavy atom. The summed E-state index contributed by atoms with van der Waals surface area (Å²) in [5, 5.41) is 0. The molecule has 0 atom stereocenters. The molecule has 0 aliphatic rings. The highest BCUT2D eigenvalue weighted by Gasteiger charge is 2.09. The quantitative estimate of drug-likeness (QED) is 0.381. The van der Waals surface area contributed by atoms with Crippen LogP contribution in [0.3, 0.4) is 0 Å². The number of pyridine rings is 1. The second-order valence-corrected chi connectivity index (χ2v) is 7.48. The van der Waals surface area contributed by atoms with Crippen molar-refractivity contribution in [3.05, 3.63) is 82.3 Å². The number of para-hydroxylation sites is 1. The standard InChI is InChI=1S/C26H31NO5/c1-20-8-4-5-9-25(20)31-17-6-7-18-32-26-21(2)27(15-14-24(26)28)16-19-30-23-12-10-22(29-3)11-13-23/h4-5,8-15H,6-7,16-19H2,1-3H3. The van der Waals surface area contributed by atoms with Crippen molar-refractivity contribution in [1.29, 1.82) is 0 Å². The number of methoxy groups -OCH3 is 1. The van der Waals surface area contributed by atoms with Crippen LogP contribution in [0.15, 0.2) is 65.6 Å². The number of nitrogens with zero attached hydrogens (tertiary/aromatic N) is 1. The summed E-state index contributed by atoms with van der Waals surface area (Å²) in [6.07, 6.45) is 3.43. The van der Waals surface area contributed by atoms with E-state index in [0.717, 1.165) is 41.3 Å². The monoisotopic (exact) mass is 437 g/mol. The van der Waals surface area contributed by atoms with Gasteiger partial charge in [0.1, 0.15) is 23.9 Å². The van der Waals surface area contributed by atoms with Crippen LogP contribution in [-0.4, -0.2) is 31.5 Å². The van der Waals surface area contributed by atoms with Crippen LogP contribution in [0, 0.1) is 13.8 Å². The number of rotatable bonds is 12. The lowest BCUT2D eigenvalue weighted by atomic mass is 10.2. The van der Waals surface area contributed by atoms with Crippen LogP contribution in [0.2, 0.25) is 0 Å². The molecule has 1 aromatic heterocycles. The number of hydrogen-bond donors (Lipinski definition) is 0. The van der Waals surface area contributed by atoms with Gasteiger partial charge in [-0.2, -0.15) is 0 Å². The van der Waals surface area contributed by atoms with Gasteiger partial charge >= 0.3 is 0 Å². The minimum absolute atomic E-state index is 0.106. The van der Waals surface area contributed by atoms with Crippen LogP contribution < -0.4 is 24.4 Å². The lowest BCUT2D eigenvalue weighted by molar-refractivity contribution is 0.260. The molecular formula is C26H31NO5. The molecule has 3 aromatic rings. The third kappa shape index (κ3) is 6.54. The van der Waals surface area contributed by atoms with E-state index in [4.69, 9.17) is 18.9 Å². The van der Waals surface area contributed by atoms with Gasteiger partial charge in [-0.25, -0.2) is 0 Å². The third-order valence-corrected chi connectivity index (χ3v) is 5.19. The number of benzene rings is 2. The molecule has 6 heteroatoms. The average molecular weight is 438 g/mol. The highest BCUT2D eigenvalue weighted by Crippen LogP contribution is 2.18. The van der Waals surface area contributed by atoms with Gasteiger partial charge in [-0.3, -0.25) is 4.79 Å². The zero-order valence-electron chi connectivity index (χ0n) is 19.0. The second kappa shape index (κ2) is 11.8. The van der Waals surface area contributed by atoms with Crippen molar-refractivity contribution < 1.29 is 18.9 Å². The first-order valence-corrected chi connectivity index (χ1v) is 10.9. The van der Waals surface area contributed by atoms with Crippen molar-refractivity contribution in [3.8, 4) is 23.0 Å². The van der Waals surface area contributed by atoms with Crippen molar-refractivity contribution >= 4 is 0 Å². The molecular weight excluding hydrogens is 406 g/mol. The topological polar surface area (TPSA) is 58.9 Å². The minimum atomic E-state index is -0.106. The van der Waals surface area contributed by atoms with Gasteiger partial charge in [-0.05, 0) is 62.6 Å². The van der Waals surface area contributed by atoms with Crippen LogP contribution in [0.4, 0.5) is 0 Å². The predicted octanol–water partition coefficient (Wildman–Crippen LogP) is 4.79. The summed E-state index contributed by atoms with van der Waals surface area (Å²) in [6.45, 7) is 6.11. The smallest absolute Gasteiger partial charge is 0.223 e. The highest BCUT2D eigenvalue weighted by atomic mass is 16.5. The second-order valence-electron chi connectivity index (χ2n) is 7.48. The molecule has 0 spiro atoms. The highest BCUT2D eigenvalue weighted by molar-refractivity contribution is 5.32. The number of ether oxygens (including phenoxy) is 4. The molecule has 0 aliphatic carbocycles. The Kier molecular flexibility index (Phi) is 8.61. The average Bonchev–Trinajstić information content (AvgIpc) is 2.81. The lowest BCUT2D eigenvalue weighted by Gasteiger charge is -2.15. The fourth-order valence-corrected chi connectivity index (χ4v) is 3.28. The number of aryl methyl sites for hydroxylation is 1. The van der Waals surface area contributed by atoms with Gasteiger partial charge in [-0.15, -0.1) is 0 Å². The minimum Gasteiger partial charge on any atom is -0.497 e. The number of aromatic nitrogens is 1. The summed E-state index contributed by atoms with van der Waals surface area (Å²) in [7, 11) is 1.63. The molecule has 0 unspecified atom stereocenters. The van der Waals surface area contributed by atoms with Crippen LogP contribution in [-0.2, 0) is 6.54 Å². The normalized spacial score (nSPS) is 10.6. The Morgan fingerprint density at radius 3 is 2.19 bits per heavy atom. The largest absolute Gasteiger partial charge is 0.497 e. The molecule has 0 N–H and O–H groups in total. The summed E-state index contributed by atoms with van der Waals surface area (Å²) in [5.74, 6) is 2.87. The van der Waals surface area contributed by atoms with Crippen molar-refractivity contribution in [2.45, 2.75) is 33.2 Å². The first-order valence-electron chi connectivity index (χ1n) is 10.9. The summed E-state index contributed by atoms with van der Waals surface area (Å²) in [4.78, 5) is 12.3. The summed E-state index contributed by atoms with van der Waals surface area (Å²) in [6, 6.07) is 17.0. The number of hydrogen-bond acceptors (Lipinski definition) is 5. The van der Waals surface area contributed by atoms with Crippen molar-refractivity contribution in [2.24, 2.45) is 0 Å². The third-order valence-electron chi connectivity index (χ3n) is 5.19. The van der Waals surface area contributed by atoms with Crippen LogP contribution >= 0.6 is 0 Å². The van der Waals surface area contributed by atoms with Crippen molar-refractivity contribution in [1.82, 2.24) is 4.57 Å². The van der Waals surface area contributed by atoms with E-state index in [-0.39, 0.29) is 5.43 Å². The van der Waals surface area contributed by atoms with E-state index in [1.165, 1.54) is 6.07 Å². The summed E-state index contributed by atoms with van der Waals surface area (Å²) in [5.41, 5.74) is 1.82. The van der Waals surface area contributed by atoms with E-state index in [0.29, 0.717) is 32.1 Å². The fourth-order valence-electron chi connectivity index (χ4n) is 3.28. The molecule has 6 nitrogen and oxygen atoms in total. The van der Waals surface area contributed by atoms with Gasteiger partial charge in [-0.1, -0.05) is 18.2 Å². The van der Waals surface area contributed by atoms with Crippen molar-refractivity contribution in [3.63, 3.8) is 0 Å². The fraction of sp³-hybridized carbons (Fsp3) is 0.346. The maximum absolute atomic E-state index is 12.3. The van der Waals surface area contributed by atoms with E-state index in [1.807, 2.05) is 66.9 Å². The molecule has 0 amide bonds. The molecule has 3 rings (SSSR count). The van der Waals surface area contributed by atoms with Crippen LogP contribution in [0.25, 0.3) is 0 Å². The number of unbranched alkanes of at least 4 members (excludes halogenated alkanes) is 1. The van der Waals surface area contributed by atoms with Gasteiger partial charge in [0.2, 0.25) is 5.43 Å². The predicted molar refractivity (Wildman–Crippen MR) is 125 cm³/mol. The Morgan fingerprint density at radius 1 is 0.781 bits per heavy atom. The molecule has 0 fully saturated rings. The first kappa shape index (κ1) is 23.3. The molecule has 1 heterocycles. The van der Waals surface area contributed by atoms with Gasteiger partial charge in [0.05, 0.1) is 32.6 Å². The first-order chi connectivity index (χ1) is 15.6. The van der Waals surface area contributed by atoms with E-state index in [9.17, 15) is 4.79 Å². The van der Waals surface area contributed by atoms with Crippen molar-refractivity contribution in [2.75, 3.05) is 26.9 Å². The Bertz CT molecular complexity index is 1040. The zero-order valence-corrected chi connectivity index (χ0v) is 19.0. The molecule has 170 valence electrons. The van der Waals surface area contributed by atoms with Crippen LogP contribution in [0.1, 0.15) is 24.1 Å². The SMILES string of the molecule is COc1ccc(OCCn2ccc(=O)c(OCCCCOc3ccccc3C)c2C)cc1. The molecule has 0 radical (unpaired) electrons. The van der Waals surface area contributed by atoms with E-state index < -0.39 is 0 Å². The lowest BCUT2D eigenvalue weighted by Crippen LogP contribution is -2.18. The maximum Gasteiger partial charge on any atom is 0.223 e. The Labute approximate surface area is 189 Å². The molecule has 32 heavy (non-hydrogen) atoms. The Balaban J connectivity index is 1.44. The summed E-state index contributed by atoms with van der Waals surface area (Å²) >= 11 is 0. The zero-order chi connectivity index (χ0) is 22.8.